The fraction of sp³-hybridized carbons (Fsp3) is 0.323. The van der Waals surface area contributed by atoms with E-state index in [1.165, 1.54) is 0 Å². The van der Waals surface area contributed by atoms with E-state index in [0.29, 0.717) is 24.1 Å². The molecule has 7 heteroatoms. The summed E-state index contributed by atoms with van der Waals surface area (Å²) < 4.78 is 5.28. The normalized spacial score (nSPS) is 12.6. The molecule has 2 atom stereocenters. The largest absolute Gasteiger partial charge is 0.444 e. The first-order valence-electron chi connectivity index (χ1n) is 12.6. The van der Waals surface area contributed by atoms with Crippen LogP contribution < -0.4 is 10.6 Å². The van der Waals surface area contributed by atoms with Crippen molar-refractivity contribution in [2.45, 2.75) is 52.3 Å². The number of carbonyl (C=O) groups is 2. The van der Waals surface area contributed by atoms with Crippen molar-refractivity contribution >= 4 is 12.0 Å². The highest BCUT2D eigenvalue weighted by molar-refractivity contribution is 5.94. The lowest BCUT2D eigenvalue weighted by Gasteiger charge is -2.23. The Hall–Kier alpha value is -4.15. The van der Waals surface area contributed by atoms with Gasteiger partial charge in [-0.2, -0.15) is 5.26 Å². The van der Waals surface area contributed by atoms with Gasteiger partial charge in [-0.1, -0.05) is 42.5 Å². The number of aliphatic hydroxyl groups excluding tert-OH is 1. The summed E-state index contributed by atoms with van der Waals surface area (Å²) in [5, 5.41) is 24.8. The first kappa shape index (κ1) is 28.4. The first-order chi connectivity index (χ1) is 18.1. The Morgan fingerprint density at radius 2 is 1.66 bits per heavy atom. The van der Waals surface area contributed by atoms with Crippen molar-refractivity contribution in [2.75, 3.05) is 6.61 Å². The van der Waals surface area contributed by atoms with E-state index < -0.39 is 11.7 Å². The number of hydrogen-bond donors (Lipinski definition) is 3. The number of benzene rings is 3. The second kappa shape index (κ2) is 12.9. The van der Waals surface area contributed by atoms with Crippen LogP contribution in [0, 0.1) is 17.2 Å². The van der Waals surface area contributed by atoms with Gasteiger partial charge in [-0.3, -0.25) is 4.79 Å². The van der Waals surface area contributed by atoms with E-state index in [-0.39, 0.29) is 24.5 Å². The lowest BCUT2D eigenvalue weighted by molar-refractivity contribution is 0.0523. The Kier molecular flexibility index (Phi) is 9.64. The van der Waals surface area contributed by atoms with Crippen molar-refractivity contribution in [3.8, 4) is 17.2 Å². The minimum atomic E-state index is -0.555. The van der Waals surface area contributed by atoms with Crippen LogP contribution in [0.1, 0.15) is 54.7 Å². The lowest BCUT2D eigenvalue weighted by Crippen LogP contribution is -2.40. The van der Waals surface area contributed by atoms with Crippen LogP contribution in [0.5, 0.6) is 0 Å². The van der Waals surface area contributed by atoms with Gasteiger partial charge in [-0.25, -0.2) is 4.79 Å². The highest BCUT2D eigenvalue weighted by atomic mass is 16.6. The Morgan fingerprint density at radius 3 is 2.32 bits per heavy atom. The number of rotatable bonds is 9. The molecule has 198 valence electrons. The van der Waals surface area contributed by atoms with E-state index in [1.807, 2.05) is 76.2 Å². The molecule has 0 heterocycles. The molecule has 0 bridgehead atoms. The molecule has 0 aliphatic heterocycles. The Balaban J connectivity index is 1.60. The van der Waals surface area contributed by atoms with E-state index in [9.17, 15) is 14.7 Å². The van der Waals surface area contributed by atoms with Crippen LogP contribution in [0.3, 0.4) is 0 Å². The molecule has 3 aromatic rings. The number of nitriles is 1. The highest BCUT2D eigenvalue weighted by Crippen LogP contribution is 2.22. The Morgan fingerprint density at radius 1 is 0.974 bits per heavy atom. The van der Waals surface area contributed by atoms with Crippen LogP contribution in [0.15, 0.2) is 72.8 Å². The van der Waals surface area contributed by atoms with Crippen molar-refractivity contribution in [2.24, 2.45) is 5.92 Å². The van der Waals surface area contributed by atoms with Gasteiger partial charge in [0.1, 0.15) is 5.60 Å². The number of aliphatic hydroxyl groups is 1. The van der Waals surface area contributed by atoms with Gasteiger partial charge in [0.15, 0.2) is 0 Å². The molecule has 3 N–H and O–H groups in total. The predicted octanol–water partition coefficient (Wildman–Crippen LogP) is 5.22. The highest BCUT2D eigenvalue weighted by Gasteiger charge is 2.20. The van der Waals surface area contributed by atoms with Crippen LogP contribution in [0.25, 0.3) is 11.1 Å². The average Bonchev–Trinajstić information content (AvgIpc) is 2.90. The zero-order valence-electron chi connectivity index (χ0n) is 22.3. The maximum atomic E-state index is 12.9. The van der Waals surface area contributed by atoms with E-state index >= 15 is 0 Å². The van der Waals surface area contributed by atoms with Crippen molar-refractivity contribution in [3.63, 3.8) is 0 Å². The minimum absolute atomic E-state index is 0.0870. The van der Waals surface area contributed by atoms with Gasteiger partial charge in [-0.05, 0) is 86.7 Å². The smallest absolute Gasteiger partial charge is 0.407 e. The standard InChI is InChI=1S/C31H35N3O4/c1-21(28(20-35)16-22-7-5-8-23(15-22)18-32)34-29(36)26-13-11-25(12-14-26)27-10-6-9-24(17-27)19-33-30(37)38-31(2,3)4/h5-15,17,21,28,35H,16,19-20H2,1-4H3,(H,33,37)(H,34,36). The lowest BCUT2D eigenvalue weighted by atomic mass is 9.93. The third-order valence-corrected chi connectivity index (χ3v) is 6.10. The number of amides is 2. The van der Waals surface area contributed by atoms with Gasteiger partial charge < -0.3 is 20.5 Å². The van der Waals surface area contributed by atoms with Crippen molar-refractivity contribution < 1.29 is 19.4 Å². The topological polar surface area (TPSA) is 111 Å². The summed E-state index contributed by atoms with van der Waals surface area (Å²) in [5.41, 5.74) is 4.32. The monoisotopic (exact) mass is 513 g/mol. The minimum Gasteiger partial charge on any atom is -0.444 e. The summed E-state index contributed by atoms with van der Waals surface area (Å²) in [6.07, 6.45) is 0.0811. The summed E-state index contributed by atoms with van der Waals surface area (Å²) in [6, 6.07) is 24.3. The molecule has 3 aromatic carbocycles. The van der Waals surface area contributed by atoms with Gasteiger partial charge in [0, 0.05) is 30.7 Å². The van der Waals surface area contributed by atoms with E-state index in [4.69, 9.17) is 10.00 Å². The molecular weight excluding hydrogens is 478 g/mol. The molecule has 0 aromatic heterocycles. The molecule has 0 saturated carbocycles. The molecule has 38 heavy (non-hydrogen) atoms. The summed E-state index contributed by atoms with van der Waals surface area (Å²) in [5.74, 6) is -0.409. The zero-order valence-corrected chi connectivity index (χ0v) is 22.3. The second-order valence-electron chi connectivity index (χ2n) is 10.4. The van der Waals surface area contributed by atoms with Crippen molar-refractivity contribution in [1.82, 2.24) is 10.6 Å². The molecule has 0 aliphatic rings. The van der Waals surface area contributed by atoms with Crippen LogP contribution in [0.4, 0.5) is 4.79 Å². The molecule has 0 spiro atoms. The summed E-state index contributed by atoms with van der Waals surface area (Å²) in [4.78, 5) is 24.8. The van der Waals surface area contributed by atoms with Crippen LogP contribution in [-0.4, -0.2) is 35.4 Å². The molecule has 0 fully saturated rings. The molecule has 2 unspecified atom stereocenters. The molecular formula is C31H35N3O4. The van der Waals surface area contributed by atoms with Gasteiger partial charge in [0.05, 0.1) is 11.6 Å². The maximum Gasteiger partial charge on any atom is 0.407 e. The van der Waals surface area contributed by atoms with E-state index in [2.05, 4.69) is 16.7 Å². The van der Waals surface area contributed by atoms with Crippen molar-refractivity contribution in [3.05, 3.63) is 95.1 Å². The van der Waals surface area contributed by atoms with Gasteiger partial charge in [-0.15, -0.1) is 0 Å². The number of carbonyl (C=O) groups excluding carboxylic acids is 2. The van der Waals surface area contributed by atoms with Crippen LogP contribution >= 0.6 is 0 Å². The number of alkyl carbamates (subject to hydrolysis) is 1. The second-order valence-corrected chi connectivity index (χ2v) is 10.4. The summed E-state index contributed by atoms with van der Waals surface area (Å²) in [7, 11) is 0. The van der Waals surface area contributed by atoms with Crippen LogP contribution in [0.2, 0.25) is 0 Å². The third kappa shape index (κ3) is 8.46. The molecule has 0 saturated heterocycles. The zero-order chi connectivity index (χ0) is 27.7. The average molecular weight is 514 g/mol. The third-order valence-electron chi connectivity index (χ3n) is 6.10. The first-order valence-corrected chi connectivity index (χ1v) is 12.6. The molecule has 7 nitrogen and oxygen atoms in total. The summed E-state index contributed by atoms with van der Waals surface area (Å²) >= 11 is 0. The van der Waals surface area contributed by atoms with Gasteiger partial charge in [0.25, 0.3) is 5.91 Å². The van der Waals surface area contributed by atoms with E-state index in [1.54, 1.807) is 24.3 Å². The predicted molar refractivity (Wildman–Crippen MR) is 147 cm³/mol. The molecule has 0 aliphatic carbocycles. The van der Waals surface area contributed by atoms with Gasteiger partial charge in [0.2, 0.25) is 0 Å². The molecule has 2 amide bonds. The van der Waals surface area contributed by atoms with Crippen LogP contribution in [-0.2, 0) is 17.7 Å². The number of nitrogens with zero attached hydrogens (tertiary/aromatic N) is 1. The SMILES string of the molecule is CC(NC(=O)c1ccc(-c2cccc(CNC(=O)OC(C)(C)C)c2)cc1)C(CO)Cc1cccc(C#N)c1. The fourth-order valence-corrected chi connectivity index (χ4v) is 4.04. The maximum absolute atomic E-state index is 12.9. The number of nitrogens with one attached hydrogen (secondary N) is 2. The Labute approximate surface area is 224 Å². The molecule has 3 rings (SSSR count). The Bertz CT molecular complexity index is 1290. The number of ether oxygens (including phenoxy) is 1. The van der Waals surface area contributed by atoms with Gasteiger partial charge >= 0.3 is 6.09 Å². The number of hydrogen-bond acceptors (Lipinski definition) is 5. The molecule has 0 radical (unpaired) electrons. The van der Waals surface area contributed by atoms with Crippen molar-refractivity contribution in [1.29, 1.82) is 5.26 Å². The fourth-order valence-electron chi connectivity index (χ4n) is 4.04. The van der Waals surface area contributed by atoms with E-state index in [0.717, 1.165) is 22.3 Å². The summed E-state index contributed by atoms with van der Waals surface area (Å²) in [6.45, 7) is 7.58. The quantitative estimate of drug-likeness (QED) is 0.363.